The summed E-state index contributed by atoms with van der Waals surface area (Å²) in [6.45, 7) is 3.80. The lowest BCUT2D eigenvalue weighted by atomic mass is 10.1. The van der Waals surface area contributed by atoms with Crippen LogP contribution in [-0.2, 0) is 17.7 Å². The molecular weight excluding hydrogens is 336 g/mol. The van der Waals surface area contributed by atoms with Crippen LogP contribution in [0.5, 0.6) is 5.75 Å². The number of nitrogens with one attached hydrogen (secondary N) is 2. The Hall–Kier alpha value is -1.31. The third kappa shape index (κ3) is 4.33. The van der Waals surface area contributed by atoms with Crippen molar-refractivity contribution in [1.82, 2.24) is 10.7 Å². The van der Waals surface area contributed by atoms with Gasteiger partial charge in [-0.05, 0) is 24.6 Å². The highest BCUT2D eigenvalue weighted by Crippen LogP contribution is 2.33. The van der Waals surface area contributed by atoms with E-state index in [1.54, 1.807) is 7.11 Å². The van der Waals surface area contributed by atoms with Crippen molar-refractivity contribution in [3.8, 4) is 5.75 Å². The molecule has 0 saturated heterocycles. The molecule has 0 bridgehead atoms. The molecule has 1 aliphatic heterocycles. The molecule has 1 aromatic rings. The first-order chi connectivity index (χ1) is 10.1. The zero-order valence-corrected chi connectivity index (χ0v) is 13.9. The van der Waals surface area contributed by atoms with E-state index in [0.29, 0.717) is 19.1 Å². The van der Waals surface area contributed by atoms with Crippen molar-refractivity contribution in [2.24, 2.45) is 10.8 Å². The molecule has 0 spiro atoms. The number of benzene rings is 1. The zero-order chi connectivity index (χ0) is 15.2. The molecule has 7 heteroatoms. The maximum absolute atomic E-state index is 5.69. The molecule has 0 amide bonds. The van der Waals surface area contributed by atoms with Crippen molar-refractivity contribution in [2.75, 3.05) is 20.3 Å². The minimum absolute atomic E-state index is 0.120. The van der Waals surface area contributed by atoms with Crippen LogP contribution < -0.4 is 21.3 Å². The minimum Gasteiger partial charge on any atom is -0.493 e. The number of fused-ring (bicyclic) bond motifs is 1. The van der Waals surface area contributed by atoms with Crippen LogP contribution in [0.3, 0.4) is 0 Å². The Labute approximate surface area is 133 Å². The summed E-state index contributed by atoms with van der Waals surface area (Å²) in [5.74, 6) is 6.98. The molecule has 2 rings (SSSR count). The van der Waals surface area contributed by atoms with Gasteiger partial charge in [0.15, 0.2) is 0 Å². The Morgan fingerprint density at radius 3 is 3.10 bits per heavy atom. The average molecular weight is 357 g/mol. The molecule has 1 unspecified atom stereocenters. The number of halogens is 1. The monoisotopic (exact) mass is 356 g/mol. The van der Waals surface area contributed by atoms with E-state index in [2.05, 4.69) is 37.7 Å². The average Bonchev–Trinajstić information content (AvgIpc) is 2.91. The minimum atomic E-state index is 0.120. The van der Waals surface area contributed by atoms with Gasteiger partial charge in [-0.2, -0.15) is 0 Å². The number of hydrazine groups is 1. The van der Waals surface area contributed by atoms with Crippen LogP contribution >= 0.6 is 15.9 Å². The fourth-order valence-corrected chi connectivity index (χ4v) is 2.84. The Bertz CT molecular complexity index is 522. The zero-order valence-electron chi connectivity index (χ0n) is 12.3. The first-order valence-corrected chi connectivity index (χ1v) is 7.64. The summed E-state index contributed by atoms with van der Waals surface area (Å²) in [5, 5.41) is 3.16. The smallest absolute Gasteiger partial charge is 0.206 e. The van der Waals surface area contributed by atoms with E-state index in [1.807, 2.05) is 13.0 Å². The number of methoxy groups -OCH3 is 1. The van der Waals surface area contributed by atoms with Gasteiger partial charge in [-0.3, -0.25) is 5.43 Å². The van der Waals surface area contributed by atoms with Gasteiger partial charge in [-0.1, -0.05) is 15.9 Å². The largest absolute Gasteiger partial charge is 0.493 e. The molecule has 0 aromatic heterocycles. The molecular formula is C14H21BrN4O2. The Balaban J connectivity index is 2.08. The Kier molecular flexibility index (Phi) is 5.84. The van der Waals surface area contributed by atoms with Crippen molar-refractivity contribution in [3.63, 3.8) is 0 Å². The molecule has 1 atom stereocenters. The third-order valence-corrected chi connectivity index (χ3v) is 3.63. The molecule has 0 aliphatic carbocycles. The second-order valence-electron chi connectivity index (χ2n) is 4.96. The summed E-state index contributed by atoms with van der Waals surface area (Å²) in [6.07, 6.45) is 0.941. The van der Waals surface area contributed by atoms with Gasteiger partial charge in [0.05, 0.1) is 19.8 Å². The first kappa shape index (κ1) is 16.1. The van der Waals surface area contributed by atoms with E-state index >= 15 is 0 Å². The molecule has 21 heavy (non-hydrogen) atoms. The second-order valence-corrected chi connectivity index (χ2v) is 5.88. The standard InChI is InChI=1S/C14H21BrN4O2/c1-9(8-20-2)18-14(19-16)17-7-11-6-12(15)5-10-3-4-21-13(10)11/h5-6,9H,3-4,7-8,16H2,1-2H3,(H2,17,18,19). The van der Waals surface area contributed by atoms with Crippen LogP contribution in [0.1, 0.15) is 18.1 Å². The summed E-state index contributed by atoms with van der Waals surface area (Å²) < 4.78 is 11.8. The second kappa shape index (κ2) is 7.63. The molecule has 116 valence electrons. The van der Waals surface area contributed by atoms with Gasteiger partial charge in [0.2, 0.25) is 5.96 Å². The van der Waals surface area contributed by atoms with Gasteiger partial charge in [0.1, 0.15) is 5.75 Å². The summed E-state index contributed by atoms with van der Waals surface area (Å²) in [7, 11) is 1.66. The van der Waals surface area contributed by atoms with Crippen LogP contribution in [0.25, 0.3) is 0 Å². The summed E-state index contributed by atoms with van der Waals surface area (Å²) in [5.41, 5.74) is 4.84. The predicted octanol–water partition coefficient (Wildman–Crippen LogP) is 1.33. The third-order valence-electron chi connectivity index (χ3n) is 3.17. The van der Waals surface area contributed by atoms with Crippen molar-refractivity contribution < 1.29 is 9.47 Å². The van der Waals surface area contributed by atoms with E-state index < -0.39 is 0 Å². The van der Waals surface area contributed by atoms with Crippen LogP contribution in [0.4, 0.5) is 0 Å². The lowest BCUT2D eigenvalue weighted by Crippen LogP contribution is -2.46. The van der Waals surface area contributed by atoms with Gasteiger partial charge >= 0.3 is 0 Å². The molecule has 6 nitrogen and oxygen atoms in total. The Morgan fingerprint density at radius 1 is 1.57 bits per heavy atom. The SMILES string of the molecule is COCC(C)NC(=NCc1cc(Br)cc2c1OCC2)NN. The number of nitrogens with two attached hydrogens (primary N) is 1. The van der Waals surface area contributed by atoms with Crippen LogP contribution in [-0.4, -0.2) is 32.3 Å². The number of aliphatic imine (C=N–C) groups is 1. The first-order valence-electron chi connectivity index (χ1n) is 6.84. The molecule has 1 aromatic carbocycles. The molecule has 4 N–H and O–H groups in total. The molecule has 0 fully saturated rings. The van der Waals surface area contributed by atoms with Gasteiger partial charge in [-0.25, -0.2) is 10.8 Å². The number of nitrogens with zero attached hydrogens (tertiary/aromatic N) is 1. The van der Waals surface area contributed by atoms with E-state index in [9.17, 15) is 0 Å². The van der Waals surface area contributed by atoms with Crippen molar-refractivity contribution in [3.05, 3.63) is 27.7 Å². The lowest BCUT2D eigenvalue weighted by molar-refractivity contribution is 0.179. The number of guanidine groups is 1. The highest BCUT2D eigenvalue weighted by Gasteiger charge is 2.17. The van der Waals surface area contributed by atoms with Crippen molar-refractivity contribution in [1.29, 1.82) is 0 Å². The van der Waals surface area contributed by atoms with Crippen LogP contribution in [0, 0.1) is 0 Å². The number of ether oxygens (including phenoxy) is 2. The van der Waals surface area contributed by atoms with Crippen LogP contribution in [0.15, 0.2) is 21.6 Å². The molecule has 1 aliphatic rings. The maximum Gasteiger partial charge on any atom is 0.206 e. The van der Waals surface area contributed by atoms with Crippen LogP contribution in [0.2, 0.25) is 0 Å². The Morgan fingerprint density at radius 2 is 2.38 bits per heavy atom. The van der Waals surface area contributed by atoms with Gasteiger partial charge in [0.25, 0.3) is 0 Å². The van der Waals surface area contributed by atoms with Gasteiger partial charge in [0, 0.05) is 29.6 Å². The number of hydrogen-bond donors (Lipinski definition) is 3. The van der Waals surface area contributed by atoms with E-state index in [1.165, 1.54) is 5.56 Å². The normalized spacial score (nSPS) is 15.3. The summed E-state index contributed by atoms with van der Waals surface area (Å²) in [4.78, 5) is 4.47. The fraction of sp³-hybridized carbons (Fsp3) is 0.500. The lowest BCUT2D eigenvalue weighted by Gasteiger charge is -2.16. The highest BCUT2D eigenvalue weighted by molar-refractivity contribution is 9.10. The molecule has 0 saturated carbocycles. The van der Waals surface area contributed by atoms with E-state index in [0.717, 1.165) is 28.8 Å². The van der Waals surface area contributed by atoms with Gasteiger partial charge in [-0.15, -0.1) is 0 Å². The maximum atomic E-state index is 5.69. The van der Waals surface area contributed by atoms with Crippen molar-refractivity contribution in [2.45, 2.75) is 25.9 Å². The fourth-order valence-electron chi connectivity index (χ4n) is 2.29. The van der Waals surface area contributed by atoms with Gasteiger partial charge < -0.3 is 14.8 Å². The molecule has 1 heterocycles. The quantitative estimate of drug-likeness (QED) is 0.321. The predicted molar refractivity (Wildman–Crippen MR) is 86.3 cm³/mol. The van der Waals surface area contributed by atoms with Crippen molar-refractivity contribution >= 4 is 21.9 Å². The number of rotatable bonds is 5. The summed E-state index contributed by atoms with van der Waals surface area (Å²) in [6, 6.07) is 4.24. The molecule has 0 radical (unpaired) electrons. The van der Waals surface area contributed by atoms with E-state index in [-0.39, 0.29) is 6.04 Å². The van der Waals surface area contributed by atoms with E-state index in [4.69, 9.17) is 15.3 Å². The number of hydrogen-bond acceptors (Lipinski definition) is 4. The summed E-state index contributed by atoms with van der Waals surface area (Å²) >= 11 is 3.52. The highest BCUT2D eigenvalue weighted by atomic mass is 79.9. The topological polar surface area (TPSA) is 80.9 Å².